The molecule has 0 aromatic heterocycles. The third-order valence-corrected chi connectivity index (χ3v) is 3.85. The summed E-state index contributed by atoms with van der Waals surface area (Å²) in [6, 6.07) is 7.68. The van der Waals surface area contributed by atoms with E-state index < -0.39 is 0 Å². The van der Waals surface area contributed by atoms with Crippen molar-refractivity contribution in [2.24, 2.45) is 0 Å². The molecule has 1 aromatic carbocycles. The van der Waals surface area contributed by atoms with Crippen LogP contribution in [0, 0.1) is 0 Å². The molecule has 5 nitrogen and oxygen atoms in total. The Bertz CT molecular complexity index is 480. The number of methoxy groups -OCH3 is 1. The lowest BCUT2D eigenvalue weighted by Crippen LogP contribution is -2.34. The fraction of sp³-hybridized carbons (Fsp3) is 0.467. The van der Waals surface area contributed by atoms with Crippen LogP contribution in [0.2, 0.25) is 0 Å². The van der Waals surface area contributed by atoms with Crippen molar-refractivity contribution >= 4 is 29.3 Å². The van der Waals surface area contributed by atoms with Crippen molar-refractivity contribution in [2.75, 3.05) is 38.3 Å². The molecule has 0 radical (unpaired) electrons. The van der Waals surface area contributed by atoms with Crippen molar-refractivity contribution in [1.29, 1.82) is 0 Å². The topological polar surface area (TPSA) is 58.6 Å². The van der Waals surface area contributed by atoms with Crippen molar-refractivity contribution in [3.05, 3.63) is 24.3 Å². The molecular weight excluding hydrogens is 288 g/mol. The second-order valence-electron chi connectivity index (χ2n) is 4.44. The first kappa shape index (κ1) is 17.5. The van der Waals surface area contributed by atoms with E-state index in [1.807, 2.05) is 42.3 Å². The van der Waals surface area contributed by atoms with Gasteiger partial charge in [0.2, 0.25) is 5.91 Å². The minimum atomic E-state index is -0.262. The van der Waals surface area contributed by atoms with E-state index >= 15 is 0 Å². The van der Waals surface area contributed by atoms with Gasteiger partial charge in [-0.05, 0) is 24.9 Å². The second kappa shape index (κ2) is 9.41. The van der Waals surface area contributed by atoms with Crippen molar-refractivity contribution in [3.63, 3.8) is 0 Å². The van der Waals surface area contributed by atoms with Gasteiger partial charge in [-0.1, -0.05) is 19.1 Å². The number of carbonyl (C=O) groups is 2. The monoisotopic (exact) mass is 310 g/mol. The smallest absolute Gasteiger partial charge is 0.306 e. The zero-order valence-electron chi connectivity index (χ0n) is 12.7. The quantitative estimate of drug-likeness (QED) is 0.589. The summed E-state index contributed by atoms with van der Waals surface area (Å²) < 4.78 is 4.61. The number of benzene rings is 1. The first-order valence-corrected chi connectivity index (χ1v) is 8.05. The molecule has 1 aromatic rings. The van der Waals surface area contributed by atoms with Crippen LogP contribution < -0.4 is 5.32 Å². The molecule has 1 rings (SSSR count). The Morgan fingerprint density at radius 2 is 2.05 bits per heavy atom. The molecule has 116 valence electrons. The molecule has 0 aliphatic rings. The highest BCUT2D eigenvalue weighted by molar-refractivity contribution is 7.98. The molecule has 0 saturated carbocycles. The first-order chi connectivity index (χ1) is 10.1. The third-order valence-electron chi connectivity index (χ3n) is 3.06. The summed E-state index contributed by atoms with van der Waals surface area (Å²) >= 11 is 1.59. The molecule has 0 heterocycles. The Balaban J connectivity index is 2.52. The summed E-state index contributed by atoms with van der Waals surface area (Å²) in [5, 5.41) is 2.91. The Kier molecular flexibility index (Phi) is 7.85. The number of anilines is 1. The van der Waals surface area contributed by atoms with E-state index in [1.165, 1.54) is 7.11 Å². The maximum atomic E-state index is 12.1. The van der Waals surface area contributed by atoms with Crippen LogP contribution in [0.4, 0.5) is 5.69 Å². The van der Waals surface area contributed by atoms with E-state index in [-0.39, 0.29) is 18.4 Å². The Hall–Kier alpha value is -1.53. The lowest BCUT2D eigenvalue weighted by Gasteiger charge is -2.19. The molecule has 0 aliphatic carbocycles. The predicted molar refractivity (Wildman–Crippen MR) is 85.6 cm³/mol. The largest absolute Gasteiger partial charge is 0.469 e. The summed E-state index contributed by atoms with van der Waals surface area (Å²) in [4.78, 5) is 26.2. The molecular formula is C15H22N2O3S. The average molecular weight is 310 g/mol. The minimum Gasteiger partial charge on any atom is -0.469 e. The molecule has 0 saturated heterocycles. The molecule has 21 heavy (non-hydrogen) atoms. The maximum Gasteiger partial charge on any atom is 0.306 e. The molecule has 0 spiro atoms. The van der Waals surface area contributed by atoms with Gasteiger partial charge in [-0.3, -0.25) is 14.5 Å². The Morgan fingerprint density at radius 1 is 1.33 bits per heavy atom. The highest BCUT2D eigenvalue weighted by Gasteiger charge is 2.12. The Morgan fingerprint density at radius 3 is 2.67 bits per heavy atom. The van der Waals surface area contributed by atoms with Crippen LogP contribution in [0.15, 0.2) is 29.2 Å². The summed E-state index contributed by atoms with van der Waals surface area (Å²) in [6.45, 7) is 3.44. The molecule has 1 N–H and O–H groups in total. The summed E-state index contributed by atoms with van der Waals surface area (Å²) in [6.07, 6.45) is 2.26. The van der Waals surface area contributed by atoms with Gasteiger partial charge >= 0.3 is 5.97 Å². The highest BCUT2D eigenvalue weighted by atomic mass is 32.2. The fourth-order valence-corrected chi connectivity index (χ4v) is 2.39. The molecule has 0 bridgehead atoms. The predicted octanol–water partition coefficient (Wildman–Crippen LogP) is 2.23. The van der Waals surface area contributed by atoms with Crippen LogP contribution in [0.5, 0.6) is 0 Å². The first-order valence-electron chi connectivity index (χ1n) is 6.82. The van der Waals surface area contributed by atoms with Gasteiger partial charge in [-0.2, -0.15) is 0 Å². The fourth-order valence-electron chi connectivity index (χ4n) is 1.84. The van der Waals surface area contributed by atoms with Crippen molar-refractivity contribution in [3.8, 4) is 0 Å². The van der Waals surface area contributed by atoms with E-state index in [0.717, 1.165) is 10.6 Å². The van der Waals surface area contributed by atoms with Crippen LogP contribution >= 0.6 is 11.8 Å². The number of rotatable bonds is 8. The molecule has 1 amide bonds. The second-order valence-corrected chi connectivity index (χ2v) is 5.29. The number of hydrogen-bond donors (Lipinski definition) is 1. The lowest BCUT2D eigenvalue weighted by molar-refractivity contribution is -0.141. The molecule has 0 aliphatic heterocycles. The number of para-hydroxylation sites is 1. The number of carbonyl (C=O) groups excluding carboxylic acids is 2. The average Bonchev–Trinajstić information content (AvgIpc) is 2.51. The lowest BCUT2D eigenvalue weighted by atomic mass is 10.3. The number of esters is 1. The van der Waals surface area contributed by atoms with E-state index in [4.69, 9.17) is 0 Å². The summed E-state index contributed by atoms with van der Waals surface area (Å²) in [7, 11) is 1.37. The van der Waals surface area contributed by atoms with Crippen LogP contribution in [0.1, 0.15) is 13.3 Å². The van der Waals surface area contributed by atoms with E-state index in [1.54, 1.807) is 11.8 Å². The van der Waals surface area contributed by atoms with Gasteiger partial charge in [0, 0.05) is 11.4 Å². The number of ether oxygens (including phenoxy) is 1. The van der Waals surface area contributed by atoms with Crippen LogP contribution in [-0.2, 0) is 14.3 Å². The zero-order chi connectivity index (χ0) is 15.7. The summed E-state index contributed by atoms with van der Waals surface area (Å²) in [5.74, 6) is -0.343. The van der Waals surface area contributed by atoms with Gasteiger partial charge in [0.05, 0.1) is 25.8 Å². The minimum absolute atomic E-state index is 0.0804. The van der Waals surface area contributed by atoms with E-state index in [0.29, 0.717) is 19.5 Å². The van der Waals surface area contributed by atoms with Gasteiger partial charge in [0.25, 0.3) is 0 Å². The van der Waals surface area contributed by atoms with Gasteiger partial charge in [0.15, 0.2) is 0 Å². The van der Waals surface area contributed by atoms with Crippen molar-refractivity contribution in [1.82, 2.24) is 4.90 Å². The number of nitrogens with one attached hydrogen (secondary N) is 1. The van der Waals surface area contributed by atoms with Crippen molar-refractivity contribution in [2.45, 2.75) is 18.2 Å². The molecule has 0 fully saturated rings. The summed E-state index contributed by atoms with van der Waals surface area (Å²) in [5.41, 5.74) is 0.819. The van der Waals surface area contributed by atoms with Crippen LogP contribution in [0.25, 0.3) is 0 Å². The molecule has 6 heteroatoms. The maximum absolute atomic E-state index is 12.1. The SMILES string of the molecule is CCN(CCC(=O)OC)CC(=O)Nc1ccccc1SC. The molecule has 0 atom stereocenters. The van der Waals surface area contributed by atoms with Gasteiger partial charge < -0.3 is 10.1 Å². The number of thioether (sulfide) groups is 1. The van der Waals surface area contributed by atoms with E-state index in [2.05, 4.69) is 10.1 Å². The standard InChI is InChI=1S/C15H22N2O3S/c1-4-17(10-9-15(19)20-2)11-14(18)16-12-7-5-6-8-13(12)21-3/h5-8H,4,9-11H2,1-3H3,(H,16,18). The normalized spacial score (nSPS) is 10.5. The third kappa shape index (κ3) is 6.18. The van der Waals surface area contributed by atoms with Gasteiger partial charge in [-0.25, -0.2) is 0 Å². The van der Waals surface area contributed by atoms with Gasteiger partial charge in [0.1, 0.15) is 0 Å². The highest BCUT2D eigenvalue weighted by Crippen LogP contribution is 2.24. The number of hydrogen-bond acceptors (Lipinski definition) is 5. The Labute approximate surface area is 130 Å². The van der Waals surface area contributed by atoms with E-state index in [9.17, 15) is 9.59 Å². The van der Waals surface area contributed by atoms with Crippen molar-refractivity contribution < 1.29 is 14.3 Å². The molecule has 0 unspecified atom stereocenters. The number of amides is 1. The van der Waals surface area contributed by atoms with Gasteiger partial charge in [-0.15, -0.1) is 11.8 Å². The van der Waals surface area contributed by atoms with Crippen LogP contribution in [-0.4, -0.2) is 49.8 Å². The van der Waals surface area contributed by atoms with Crippen LogP contribution in [0.3, 0.4) is 0 Å². The zero-order valence-corrected chi connectivity index (χ0v) is 13.5. The number of nitrogens with zero attached hydrogens (tertiary/aromatic N) is 1. The number of likely N-dealkylation sites (N-methyl/N-ethyl adjacent to an activating group) is 1.